The summed E-state index contributed by atoms with van der Waals surface area (Å²) in [5, 5.41) is 9.16. The van der Waals surface area contributed by atoms with E-state index in [2.05, 4.69) is 0 Å². The molecule has 7 nitrogen and oxygen atoms in total. The summed E-state index contributed by atoms with van der Waals surface area (Å²) in [6, 6.07) is 3.30. The van der Waals surface area contributed by atoms with Gasteiger partial charge in [-0.2, -0.15) is 0 Å². The Morgan fingerprint density at radius 2 is 1.80 bits per heavy atom. The first kappa shape index (κ1) is 19.1. The van der Waals surface area contributed by atoms with Gasteiger partial charge in [0, 0.05) is 31.6 Å². The fourth-order valence-electron chi connectivity index (χ4n) is 3.13. The number of likely N-dealkylation sites (tertiary alicyclic amines) is 1. The Labute approximate surface area is 147 Å². The van der Waals surface area contributed by atoms with E-state index in [1.165, 1.54) is 21.3 Å². The van der Waals surface area contributed by atoms with Crippen molar-refractivity contribution in [3.8, 4) is 17.2 Å². The second kappa shape index (κ2) is 8.71. The monoisotopic (exact) mass is 351 g/mol. The number of hydrogen-bond donors (Lipinski definition) is 1. The van der Waals surface area contributed by atoms with E-state index in [1.54, 1.807) is 12.1 Å². The predicted octanol–water partition coefficient (Wildman–Crippen LogP) is 2.08. The van der Waals surface area contributed by atoms with Gasteiger partial charge in [0.05, 0.1) is 27.2 Å². The van der Waals surface area contributed by atoms with Crippen molar-refractivity contribution in [2.45, 2.75) is 19.3 Å². The molecule has 1 fully saturated rings. The number of carbonyl (C=O) groups is 2. The van der Waals surface area contributed by atoms with Gasteiger partial charge in [-0.25, -0.2) is 0 Å². The Morgan fingerprint density at radius 1 is 1.16 bits per heavy atom. The molecule has 0 saturated carbocycles. The lowest BCUT2D eigenvalue weighted by Crippen LogP contribution is -2.39. The molecule has 1 aliphatic rings. The number of ether oxygens (including phenoxy) is 3. The molecule has 1 heterocycles. The van der Waals surface area contributed by atoms with E-state index in [4.69, 9.17) is 19.3 Å². The van der Waals surface area contributed by atoms with Crippen LogP contribution in [0.25, 0.3) is 0 Å². The van der Waals surface area contributed by atoms with Crippen molar-refractivity contribution in [1.82, 2.24) is 4.90 Å². The van der Waals surface area contributed by atoms with Crippen LogP contribution < -0.4 is 14.2 Å². The molecule has 1 aliphatic heterocycles. The number of nitrogens with zero attached hydrogens (tertiary/aromatic N) is 1. The average molecular weight is 351 g/mol. The Kier molecular flexibility index (Phi) is 6.64. The number of benzene rings is 1. The highest BCUT2D eigenvalue weighted by atomic mass is 16.5. The molecule has 0 aromatic heterocycles. The molecule has 1 aromatic rings. The number of carboxylic acids is 1. The minimum absolute atomic E-state index is 0.103. The van der Waals surface area contributed by atoms with Crippen LogP contribution in [0.15, 0.2) is 12.1 Å². The van der Waals surface area contributed by atoms with Crippen molar-refractivity contribution in [3.05, 3.63) is 17.7 Å². The zero-order chi connectivity index (χ0) is 18.4. The summed E-state index contributed by atoms with van der Waals surface area (Å²) in [7, 11) is 4.52. The smallest absolute Gasteiger partial charge is 0.307 e. The molecule has 25 heavy (non-hydrogen) atoms. The molecular formula is C18H25NO6. The molecule has 1 aromatic carbocycles. The Hall–Kier alpha value is -2.28. The van der Waals surface area contributed by atoms with Gasteiger partial charge >= 0.3 is 5.97 Å². The van der Waals surface area contributed by atoms with Crippen LogP contribution in [0.3, 0.4) is 0 Å². The van der Waals surface area contributed by atoms with Gasteiger partial charge in [-0.15, -0.1) is 0 Å². The molecule has 2 rings (SSSR count). The Balaban J connectivity index is 2.09. The second-order valence-electron chi connectivity index (χ2n) is 6.06. The largest absolute Gasteiger partial charge is 0.496 e. The van der Waals surface area contributed by atoms with Gasteiger partial charge in [0.1, 0.15) is 22.8 Å². The van der Waals surface area contributed by atoms with Crippen LogP contribution in [0.2, 0.25) is 0 Å². The van der Waals surface area contributed by atoms with E-state index in [9.17, 15) is 9.59 Å². The van der Waals surface area contributed by atoms with E-state index < -0.39 is 5.97 Å². The number of hydrogen-bond acceptors (Lipinski definition) is 6. The summed E-state index contributed by atoms with van der Waals surface area (Å²) < 4.78 is 15.8. The van der Waals surface area contributed by atoms with Gasteiger partial charge in [-0.1, -0.05) is 0 Å². The van der Waals surface area contributed by atoms with E-state index in [-0.39, 0.29) is 18.1 Å². The van der Waals surface area contributed by atoms with Gasteiger partial charge in [-0.3, -0.25) is 9.59 Å². The molecule has 0 bridgehead atoms. The van der Waals surface area contributed by atoms with Crippen LogP contribution in [0.5, 0.6) is 17.2 Å². The summed E-state index contributed by atoms with van der Waals surface area (Å²) in [6.07, 6.45) is 1.80. The number of ketones is 1. The molecule has 1 N–H and O–H groups in total. The molecule has 0 radical (unpaired) electrons. The van der Waals surface area contributed by atoms with Crippen LogP contribution >= 0.6 is 0 Å². The van der Waals surface area contributed by atoms with Gasteiger partial charge in [0.2, 0.25) is 0 Å². The highest BCUT2D eigenvalue weighted by molar-refractivity contribution is 6.01. The van der Waals surface area contributed by atoms with E-state index in [0.717, 1.165) is 13.0 Å². The van der Waals surface area contributed by atoms with Gasteiger partial charge in [0.15, 0.2) is 5.78 Å². The normalized spacial score (nSPS) is 17.8. The van der Waals surface area contributed by atoms with Gasteiger partial charge < -0.3 is 24.2 Å². The number of carboxylic acid groups (broad SMARTS) is 1. The first-order valence-corrected chi connectivity index (χ1v) is 8.28. The lowest BCUT2D eigenvalue weighted by molar-refractivity contribution is -0.143. The number of methoxy groups -OCH3 is 3. The van der Waals surface area contributed by atoms with Crippen LogP contribution in [-0.2, 0) is 4.79 Å². The summed E-state index contributed by atoms with van der Waals surface area (Å²) in [6.45, 7) is 1.81. The van der Waals surface area contributed by atoms with E-state index in [0.29, 0.717) is 42.3 Å². The summed E-state index contributed by atoms with van der Waals surface area (Å²) in [5.41, 5.74) is 0.387. The number of piperidine rings is 1. The average Bonchev–Trinajstić information content (AvgIpc) is 2.64. The second-order valence-corrected chi connectivity index (χ2v) is 6.06. The molecule has 7 heteroatoms. The van der Waals surface area contributed by atoms with Crippen molar-refractivity contribution in [3.63, 3.8) is 0 Å². The SMILES string of the molecule is COc1cc(OC)c(C(=O)CCN2CCCC(C(=O)O)C2)c(OC)c1. The zero-order valence-corrected chi connectivity index (χ0v) is 14.9. The fourth-order valence-corrected chi connectivity index (χ4v) is 3.13. The highest BCUT2D eigenvalue weighted by Crippen LogP contribution is 2.35. The maximum atomic E-state index is 12.7. The first-order valence-electron chi connectivity index (χ1n) is 8.28. The fraction of sp³-hybridized carbons (Fsp3) is 0.556. The van der Waals surface area contributed by atoms with Crippen LogP contribution in [-0.4, -0.2) is 62.7 Å². The van der Waals surface area contributed by atoms with Crippen LogP contribution in [0.1, 0.15) is 29.6 Å². The number of rotatable bonds is 8. The summed E-state index contributed by atoms with van der Waals surface area (Å²) in [5.74, 6) is 0.134. The summed E-state index contributed by atoms with van der Waals surface area (Å²) >= 11 is 0. The molecule has 0 aliphatic carbocycles. The third-order valence-corrected chi connectivity index (χ3v) is 4.50. The Morgan fingerprint density at radius 3 is 2.32 bits per heavy atom. The molecule has 0 amide bonds. The Bertz CT molecular complexity index is 605. The molecule has 138 valence electrons. The maximum absolute atomic E-state index is 12.7. The van der Waals surface area contributed by atoms with E-state index >= 15 is 0 Å². The van der Waals surface area contributed by atoms with Crippen molar-refractivity contribution >= 4 is 11.8 Å². The van der Waals surface area contributed by atoms with Crippen LogP contribution in [0, 0.1) is 5.92 Å². The molecule has 1 saturated heterocycles. The molecule has 1 atom stereocenters. The quantitative estimate of drug-likeness (QED) is 0.718. The lowest BCUT2D eigenvalue weighted by Gasteiger charge is -2.30. The van der Waals surface area contributed by atoms with Crippen LogP contribution in [0.4, 0.5) is 0 Å². The first-order chi connectivity index (χ1) is 12.0. The predicted molar refractivity (Wildman–Crippen MR) is 91.8 cm³/mol. The van der Waals surface area contributed by atoms with Crippen molar-refractivity contribution < 1.29 is 28.9 Å². The van der Waals surface area contributed by atoms with Crippen molar-refractivity contribution in [1.29, 1.82) is 0 Å². The van der Waals surface area contributed by atoms with Gasteiger partial charge in [0.25, 0.3) is 0 Å². The minimum atomic E-state index is -0.769. The standard InChI is InChI=1S/C18H25NO6/c1-23-13-9-15(24-2)17(16(10-13)25-3)14(20)6-8-19-7-4-5-12(11-19)18(21)22/h9-10,12H,4-8,11H2,1-3H3,(H,21,22). The number of carbonyl (C=O) groups excluding carboxylic acids is 1. The highest BCUT2D eigenvalue weighted by Gasteiger charge is 2.26. The number of aliphatic carboxylic acids is 1. The van der Waals surface area contributed by atoms with E-state index in [1.807, 2.05) is 4.90 Å². The summed E-state index contributed by atoms with van der Waals surface area (Å²) in [4.78, 5) is 25.9. The minimum Gasteiger partial charge on any atom is -0.496 e. The lowest BCUT2D eigenvalue weighted by atomic mass is 9.97. The molecular weight excluding hydrogens is 326 g/mol. The number of Topliss-reactive ketones (excluding diaryl/α,β-unsaturated/α-hetero) is 1. The maximum Gasteiger partial charge on any atom is 0.307 e. The van der Waals surface area contributed by atoms with Crippen molar-refractivity contribution in [2.75, 3.05) is 41.0 Å². The molecule has 0 spiro atoms. The zero-order valence-electron chi connectivity index (χ0n) is 14.9. The third-order valence-electron chi connectivity index (χ3n) is 4.50. The molecule has 1 unspecified atom stereocenters. The van der Waals surface area contributed by atoms with Gasteiger partial charge in [-0.05, 0) is 19.4 Å². The van der Waals surface area contributed by atoms with Crippen molar-refractivity contribution in [2.24, 2.45) is 5.92 Å². The topological polar surface area (TPSA) is 85.3 Å². The third kappa shape index (κ3) is 4.63.